The number of carbonyl (C=O) groups is 1. The number of para-hydroxylation sites is 1. The maximum absolute atomic E-state index is 12.1. The number of amides is 1. The first-order valence-corrected chi connectivity index (χ1v) is 11.1. The van der Waals surface area contributed by atoms with E-state index in [1.165, 1.54) is 17.3 Å². The Morgan fingerprint density at radius 3 is 2.53 bits per heavy atom. The van der Waals surface area contributed by atoms with Gasteiger partial charge in [-0.1, -0.05) is 50.7 Å². The lowest BCUT2D eigenvalue weighted by molar-refractivity contribution is -0.118. The van der Waals surface area contributed by atoms with Crippen LogP contribution in [0.25, 0.3) is 17.1 Å². The molecule has 0 aliphatic heterocycles. The van der Waals surface area contributed by atoms with Gasteiger partial charge in [-0.2, -0.15) is 0 Å². The van der Waals surface area contributed by atoms with Gasteiger partial charge >= 0.3 is 0 Å². The summed E-state index contributed by atoms with van der Waals surface area (Å²) < 4.78 is 7.33. The Kier molecular flexibility index (Phi) is 7.52. The Balaban J connectivity index is 2.03. The van der Waals surface area contributed by atoms with Crippen LogP contribution in [0.15, 0.2) is 53.7 Å². The van der Waals surface area contributed by atoms with E-state index in [2.05, 4.69) is 46.1 Å². The third-order valence-electron chi connectivity index (χ3n) is 4.69. The monoisotopic (exact) mass is 424 g/mol. The summed E-state index contributed by atoms with van der Waals surface area (Å²) in [5, 5.41) is 12.5. The van der Waals surface area contributed by atoms with Crippen LogP contribution in [0, 0.1) is 0 Å². The SMILES string of the molecule is CCCNC(=O)CSc1nnc(-c2ccc(OC)cc2)n1-c1ccccc1C(C)C. The molecule has 0 aliphatic rings. The van der Waals surface area contributed by atoms with Crippen molar-refractivity contribution in [3.05, 3.63) is 54.1 Å². The lowest BCUT2D eigenvalue weighted by atomic mass is 10.0. The van der Waals surface area contributed by atoms with Crippen molar-refractivity contribution < 1.29 is 9.53 Å². The minimum Gasteiger partial charge on any atom is -0.497 e. The van der Waals surface area contributed by atoms with Gasteiger partial charge < -0.3 is 10.1 Å². The Bertz CT molecular complexity index is 983. The summed E-state index contributed by atoms with van der Waals surface area (Å²) in [5.74, 6) is 2.15. The number of aromatic nitrogens is 3. The molecule has 0 radical (unpaired) electrons. The lowest BCUT2D eigenvalue weighted by Gasteiger charge is -2.17. The van der Waals surface area contributed by atoms with Gasteiger partial charge in [0, 0.05) is 12.1 Å². The molecule has 1 N–H and O–H groups in total. The number of thioether (sulfide) groups is 1. The number of carbonyl (C=O) groups excluding carboxylic acids is 1. The van der Waals surface area contributed by atoms with Crippen molar-refractivity contribution in [3.8, 4) is 22.8 Å². The predicted octanol–water partition coefficient (Wildman–Crippen LogP) is 4.68. The number of hydrogen-bond donors (Lipinski definition) is 1. The molecule has 0 spiro atoms. The van der Waals surface area contributed by atoms with Crippen LogP contribution in [0.3, 0.4) is 0 Å². The summed E-state index contributed by atoms with van der Waals surface area (Å²) in [6.45, 7) is 7.05. The van der Waals surface area contributed by atoms with Crippen LogP contribution < -0.4 is 10.1 Å². The van der Waals surface area contributed by atoms with Gasteiger partial charge in [-0.25, -0.2) is 0 Å². The molecule has 0 saturated carbocycles. The van der Waals surface area contributed by atoms with Crippen LogP contribution in [0.5, 0.6) is 5.75 Å². The largest absolute Gasteiger partial charge is 0.497 e. The van der Waals surface area contributed by atoms with Crippen LogP contribution in [0.2, 0.25) is 0 Å². The van der Waals surface area contributed by atoms with Crippen LogP contribution in [-0.2, 0) is 4.79 Å². The van der Waals surface area contributed by atoms with E-state index in [9.17, 15) is 4.79 Å². The Labute approximate surface area is 182 Å². The molecule has 0 bridgehead atoms. The van der Waals surface area contributed by atoms with Crippen molar-refractivity contribution in [2.24, 2.45) is 0 Å². The molecule has 0 fully saturated rings. The number of methoxy groups -OCH3 is 1. The topological polar surface area (TPSA) is 69.0 Å². The predicted molar refractivity (Wildman–Crippen MR) is 121 cm³/mol. The molecule has 1 amide bonds. The fourth-order valence-electron chi connectivity index (χ4n) is 3.13. The standard InChI is InChI=1S/C23H28N4O2S/c1-5-14-24-21(28)15-30-23-26-25-22(17-10-12-18(29-4)13-11-17)27(23)20-9-7-6-8-19(20)16(2)3/h6-13,16H,5,14-15H2,1-4H3,(H,24,28). The number of rotatable bonds is 9. The van der Waals surface area contributed by atoms with E-state index in [0.29, 0.717) is 23.4 Å². The molecule has 1 aromatic heterocycles. The molecule has 158 valence electrons. The molecule has 6 nitrogen and oxygen atoms in total. The highest BCUT2D eigenvalue weighted by Gasteiger charge is 2.20. The van der Waals surface area contributed by atoms with E-state index in [-0.39, 0.29) is 5.91 Å². The zero-order valence-corrected chi connectivity index (χ0v) is 18.7. The molecule has 7 heteroatoms. The molecular formula is C23H28N4O2S. The van der Waals surface area contributed by atoms with Crippen molar-refractivity contribution >= 4 is 17.7 Å². The van der Waals surface area contributed by atoms with E-state index < -0.39 is 0 Å². The summed E-state index contributed by atoms with van der Waals surface area (Å²) in [4.78, 5) is 12.1. The summed E-state index contributed by atoms with van der Waals surface area (Å²) in [5.41, 5.74) is 3.16. The number of hydrogen-bond acceptors (Lipinski definition) is 5. The third kappa shape index (κ3) is 5.02. The molecule has 2 aromatic carbocycles. The zero-order valence-electron chi connectivity index (χ0n) is 17.9. The summed E-state index contributed by atoms with van der Waals surface area (Å²) >= 11 is 1.40. The van der Waals surface area contributed by atoms with Gasteiger partial charge in [-0.3, -0.25) is 9.36 Å². The molecule has 0 atom stereocenters. The van der Waals surface area contributed by atoms with Crippen molar-refractivity contribution in [2.45, 2.75) is 38.3 Å². The highest BCUT2D eigenvalue weighted by Crippen LogP contribution is 2.32. The summed E-state index contributed by atoms with van der Waals surface area (Å²) in [7, 11) is 1.65. The average molecular weight is 425 g/mol. The molecule has 3 aromatic rings. The van der Waals surface area contributed by atoms with Gasteiger partial charge in [0.05, 0.1) is 18.6 Å². The zero-order chi connectivity index (χ0) is 21.5. The first kappa shape index (κ1) is 21.9. The molecule has 3 rings (SSSR count). The number of benzene rings is 2. The van der Waals surface area contributed by atoms with Crippen molar-refractivity contribution in [3.63, 3.8) is 0 Å². The van der Waals surface area contributed by atoms with Crippen LogP contribution >= 0.6 is 11.8 Å². The highest BCUT2D eigenvalue weighted by atomic mass is 32.2. The maximum Gasteiger partial charge on any atom is 0.230 e. The quantitative estimate of drug-likeness (QED) is 0.505. The van der Waals surface area contributed by atoms with E-state index in [1.54, 1.807) is 7.11 Å². The third-order valence-corrected chi connectivity index (χ3v) is 5.61. The molecule has 1 heterocycles. The second kappa shape index (κ2) is 10.3. The van der Waals surface area contributed by atoms with Crippen LogP contribution in [0.4, 0.5) is 0 Å². The van der Waals surface area contributed by atoms with Crippen molar-refractivity contribution in [1.29, 1.82) is 0 Å². The van der Waals surface area contributed by atoms with Gasteiger partial charge in [0.15, 0.2) is 11.0 Å². The average Bonchev–Trinajstić information content (AvgIpc) is 3.20. The van der Waals surface area contributed by atoms with Gasteiger partial charge in [0.1, 0.15) is 5.75 Å². The first-order valence-electron chi connectivity index (χ1n) is 10.1. The van der Waals surface area contributed by atoms with Crippen molar-refractivity contribution in [2.75, 3.05) is 19.4 Å². The van der Waals surface area contributed by atoms with Gasteiger partial charge in [-0.05, 0) is 48.2 Å². The van der Waals surface area contributed by atoms with Gasteiger partial charge in [0.25, 0.3) is 0 Å². The Hall–Kier alpha value is -2.80. The lowest BCUT2D eigenvalue weighted by Crippen LogP contribution is -2.25. The minimum atomic E-state index is -0.000424. The Morgan fingerprint density at radius 1 is 1.13 bits per heavy atom. The minimum absolute atomic E-state index is 0.000424. The number of ether oxygens (including phenoxy) is 1. The first-order chi connectivity index (χ1) is 14.5. The van der Waals surface area contributed by atoms with Crippen molar-refractivity contribution in [1.82, 2.24) is 20.1 Å². The van der Waals surface area contributed by atoms with Crippen LogP contribution in [0.1, 0.15) is 38.7 Å². The summed E-state index contributed by atoms with van der Waals surface area (Å²) in [6, 6.07) is 16.0. The summed E-state index contributed by atoms with van der Waals surface area (Å²) in [6.07, 6.45) is 0.913. The Morgan fingerprint density at radius 2 is 1.87 bits per heavy atom. The number of nitrogens with one attached hydrogen (secondary N) is 1. The molecule has 0 saturated heterocycles. The molecule has 0 unspecified atom stereocenters. The van der Waals surface area contributed by atoms with E-state index in [1.807, 2.05) is 43.3 Å². The molecular weight excluding hydrogens is 396 g/mol. The highest BCUT2D eigenvalue weighted by molar-refractivity contribution is 7.99. The molecule has 0 aliphatic carbocycles. The fraction of sp³-hybridized carbons (Fsp3) is 0.348. The second-order valence-corrected chi connectivity index (χ2v) is 8.16. The smallest absolute Gasteiger partial charge is 0.230 e. The van der Waals surface area contributed by atoms with Gasteiger partial charge in [0.2, 0.25) is 5.91 Å². The maximum atomic E-state index is 12.1. The number of nitrogens with zero attached hydrogens (tertiary/aromatic N) is 3. The van der Waals surface area contributed by atoms with E-state index in [4.69, 9.17) is 4.74 Å². The second-order valence-electron chi connectivity index (χ2n) is 7.22. The fourth-order valence-corrected chi connectivity index (χ4v) is 3.91. The normalized spacial score (nSPS) is 11.0. The van der Waals surface area contributed by atoms with E-state index >= 15 is 0 Å². The van der Waals surface area contributed by atoms with E-state index in [0.717, 1.165) is 29.2 Å². The van der Waals surface area contributed by atoms with Gasteiger partial charge in [-0.15, -0.1) is 10.2 Å². The molecule has 30 heavy (non-hydrogen) atoms. The van der Waals surface area contributed by atoms with Crippen LogP contribution in [-0.4, -0.2) is 40.1 Å².